The number of anilines is 1. The highest BCUT2D eigenvalue weighted by atomic mass is 35.5. The first-order valence-electron chi connectivity index (χ1n) is 6.83. The molecular formula is C15H17ClN2OS. The number of piperidine rings is 1. The summed E-state index contributed by atoms with van der Waals surface area (Å²) in [5.74, 6) is 0.629. The minimum Gasteiger partial charge on any atom is -0.397 e. The van der Waals surface area contributed by atoms with Crippen LogP contribution in [0.5, 0.6) is 0 Å². The van der Waals surface area contributed by atoms with Crippen LogP contribution in [0.3, 0.4) is 0 Å². The molecule has 1 fully saturated rings. The second kappa shape index (κ2) is 5.26. The lowest BCUT2D eigenvalue weighted by molar-refractivity contribution is 0.0689. The Kier molecular flexibility index (Phi) is 3.61. The topological polar surface area (TPSA) is 46.3 Å². The van der Waals surface area contributed by atoms with Crippen LogP contribution in [-0.2, 0) is 0 Å². The number of carbonyl (C=O) groups excluding carboxylic acids is 1. The molecule has 1 aliphatic heterocycles. The van der Waals surface area contributed by atoms with E-state index in [9.17, 15) is 4.79 Å². The van der Waals surface area contributed by atoms with Crippen LogP contribution in [0.15, 0.2) is 18.2 Å². The number of amides is 1. The number of halogens is 1. The third kappa shape index (κ3) is 2.38. The monoisotopic (exact) mass is 308 g/mol. The molecule has 0 bridgehead atoms. The summed E-state index contributed by atoms with van der Waals surface area (Å²) in [7, 11) is 0. The molecule has 3 nitrogen and oxygen atoms in total. The molecule has 1 aromatic heterocycles. The Hall–Kier alpha value is -1.26. The molecule has 1 atom stereocenters. The van der Waals surface area contributed by atoms with E-state index < -0.39 is 0 Å². The van der Waals surface area contributed by atoms with E-state index in [4.69, 9.17) is 17.3 Å². The molecule has 1 saturated heterocycles. The van der Waals surface area contributed by atoms with Crippen molar-refractivity contribution in [3.63, 3.8) is 0 Å². The average Bonchev–Trinajstić information content (AvgIpc) is 2.75. The van der Waals surface area contributed by atoms with Gasteiger partial charge in [0.15, 0.2) is 0 Å². The van der Waals surface area contributed by atoms with E-state index in [1.54, 1.807) is 0 Å². The minimum absolute atomic E-state index is 0.0615. The van der Waals surface area contributed by atoms with Gasteiger partial charge in [-0.25, -0.2) is 0 Å². The number of likely N-dealkylation sites (tertiary alicyclic amines) is 1. The van der Waals surface area contributed by atoms with Gasteiger partial charge in [0.05, 0.1) is 5.69 Å². The minimum atomic E-state index is 0.0615. The summed E-state index contributed by atoms with van der Waals surface area (Å²) in [5.41, 5.74) is 6.72. The number of rotatable bonds is 1. The molecule has 0 aliphatic carbocycles. The summed E-state index contributed by atoms with van der Waals surface area (Å²) in [6.45, 7) is 3.85. The van der Waals surface area contributed by atoms with Gasteiger partial charge in [-0.15, -0.1) is 11.3 Å². The Bertz CT molecular complexity index is 667. The highest BCUT2D eigenvalue weighted by Gasteiger charge is 2.25. The molecule has 0 saturated carbocycles. The van der Waals surface area contributed by atoms with Gasteiger partial charge in [-0.1, -0.05) is 18.5 Å². The first-order chi connectivity index (χ1) is 9.56. The lowest BCUT2D eigenvalue weighted by Gasteiger charge is -2.30. The van der Waals surface area contributed by atoms with Gasteiger partial charge in [0.25, 0.3) is 5.91 Å². The smallest absolute Gasteiger partial charge is 0.266 e. The quantitative estimate of drug-likeness (QED) is 0.865. The van der Waals surface area contributed by atoms with Crippen LogP contribution in [0.4, 0.5) is 5.69 Å². The van der Waals surface area contributed by atoms with Crippen molar-refractivity contribution in [1.82, 2.24) is 4.90 Å². The maximum atomic E-state index is 12.6. The SMILES string of the molecule is CC1CCCN(C(=O)c2sc3ccc(Cl)cc3c2N)C1. The molecule has 0 spiro atoms. The van der Waals surface area contributed by atoms with Crippen LogP contribution in [0.25, 0.3) is 10.1 Å². The molecule has 20 heavy (non-hydrogen) atoms. The van der Waals surface area contributed by atoms with Crippen molar-refractivity contribution in [2.24, 2.45) is 5.92 Å². The molecule has 1 aliphatic rings. The Labute approximate surface area is 127 Å². The zero-order chi connectivity index (χ0) is 14.3. The molecule has 1 aromatic carbocycles. The summed E-state index contributed by atoms with van der Waals surface area (Å²) in [5, 5.41) is 1.53. The lowest BCUT2D eigenvalue weighted by atomic mass is 10.00. The number of hydrogen-bond donors (Lipinski definition) is 1. The van der Waals surface area contributed by atoms with E-state index in [-0.39, 0.29) is 5.91 Å². The van der Waals surface area contributed by atoms with Crippen molar-refractivity contribution in [3.05, 3.63) is 28.1 Å². The zero-order valence-electron chi connectivity index (χ0n) is 11.4. The van der Waals surface area contributed by atoms with E-state index in [0.717, 1.165) is 29.6 Å². The highest BCUT2D eigenvalue weighted by molar-refractivity contribution is 7.21. The fourth-order valence-electron chi connectivity index (χ4n) is 2.77. The number of thiophene rings is 1. The maximum absolute atomic E-state index is 12.6. The normalized spacial score (nSPS) is 19.5. The van der Waals surface area contributed by atoms with Crippen LogP contribution in [-0.4, -0.2) is 23.9 Å². The third-order valence-corrected chi connectivity index (χ3v) is 5.24. The Morgan fingerprint density at radius 2 is 2.30 bits per heavy atom. The van der Waals surface area contributed by atoms with Crippen LogP contribution < -0.4 is 5.73 Å². The van der Waals surface area contributed by atoms with Crippen LogP contribution in [0.1, 0.15) is 29.4 Å². The molecule has 2 aromatic rings. The first-order valence-corrected chi connectivity index (χ1v) is 8.02. The molecule has 5 heteroatoms. The Morgan fingerprint density at radius 1 is 1.50 bits per heavy atom. The van der Waals surface area contributed by atoms with E-state index in [1.165, 1.54) is 17.8 Å². The number of hydrogen-bond acceptors (Lipinski definition) is 3. The molecule has 1 unspecified atom stereocenters. The lowest BCUT2D eigenvalue weighted by Crippen LogP contribution is -2.38. The number of nitrogens with zero attached hydrogens (tertiary/aromatic N) is 1. The third-order valence-electron chi connectivity index (χ3n) is 3.83. The summed E-state index contributed by atoms with van der Waals surface area (Å²) in [6, 6.07) is 5.59. The van der Waals surface area contributed by atoms with E-state index in [2.05, 4.69) is 6.92 Å². The fourth-order valence-corrected chi connectivity index (χ4v) is 4.01. The van der Waals surface area contributed by atoms with Gasteiger partial charge in [0.1, 0.15) is 4.88 Å². The first kappa shape index (κ1) is 13.7. The predicted molar refractivity (Wildman–Crippen MR) is 85.5 cm³/mol. The van der Waals surface area contributed by atoms with Gasteiger partial charge in [-0.05, 0) is 37.0 Å². The van der Waals surface area contributed by atoms with Crippen molar-refractivity contribution in [3.8, 4) is 0 Å². The van der Waals surface area contributed by atoms with Crippen LogP contribution in [0, 0.1) is 5.92 Å². The molecule has 3 rings (SSSR count). The standard InChI is InChI=1S/C15H17ClN2OS/c1-9-3-2-6-18(8-9)15(19)14-13(17)11-7-10(16)4-5-12(11)20-14/h4-5,7,9H,2-3,6,8,17H2,1H3. The second-order valence-corrected chi connectivity index (χ2v) is 6.97. The van der Waals surface area contributed by atoms with E-state index >= 15 is 0 Å². The number of benzene rings is 1. The number of carbonyl (C=O) groups is 1. The Morgan fingerprint density at radius 3 is 3.05 bits per heavy atom. The molecule has 2 heterocycles. The van der Waals surface area contributed by atoms with Gasteiger partial charge in [-0.3, -0.25) is 4.79 Å². The largest absolute Gasteiger partial charge is 0.397 e. The van der Waals surface area contributed by atoms with Gasteiger partial charge < -0.3 is 10.6 Å². The summed E-state index contributed by atoms with van der Waals surface area (Å²) in [4.78, 5) is 15.2. The van der Waals surface area contributed by atoms with Crippen molar-refractivity contribution in [2.75, 3.05) is 18.8 Å². The van der Waals surface area contributed by atoms with Crippen LogP contribution in [0.2, 0.25) is 5.02 Å². The zero-order valence-corrected chi connectivity index (χ0v) is 12.9. The van der Waals surface area contributed by atoms with Gasteiger partial charge in [0, 0.05) is 28.2 Å². The van der Waals surface area contributed by atoms with Crippen molar-refractivity contribution in [2.45, 2.75) is 19.8 Å². The summed E-state index contributed by atoms with van der Waals surface area (Å²) >= 11 is 7.46. The van der Waals surface area contributed by atoms with Gasteiger partial charge >= 0.3 is 0 Å². The average molecular weight is 309 g/mol. The van der Waals surface area contributed by atoms with E-state index in [1.807, 2.05) is 23.1 Å². The predicted octanol–water partition coefficient (Wildman–Crippen LogP) is 4.01. The molecule has 0 radical (unpaired) electrons. The molecular weight excluding hydrogens is 292 g/mol. The molecule has 2 N–H and O–H groups in total. The van der Waals surface area contributed by atoms with Gasteiger partial charge in [-0.2, -0.15) is 0 Å². The molecule has 1 amide bonds. The van der Waals surface area contributed by atoms with E-state index in [0.29, 0.717) is 21.5 Å². The number of nitrogen functional groups attached to an aromatic ring is 1. The van der Waals surface area contributed by atoms with Gasteiger partial charge in [0.2, 0.25) is 0 Å². The fraction of sp³-hybridized carbons (Fsp3) is 0.400. The van der Waals surface area contributed by atoms with Crippen LogP contribution >= 0.6 is 22.9 Å². The highest BCUT2D eigenvalue weighted by Crippen LogP contribution is 2.36. The van der Waals surface area contributed by atoms with Crippen molar-refractivity contribution in [1.29, 1.82) is 0 Å². The number of nitrogens with two attached hydrogens (primary N) is 1. The second-order valence-electron chi connectivity index (χ2n) is 5.48. The molecule has 106 valence electrons. The van der Waals surface area contributed by atoms with Crippen molar-refractivity contribution >= 4 is 44.6 Å². The maximum Gasteiger partial charge on any atom is 0.266 e. The number of fused-ring (bicyclic) bond motifs is 1. The summed E-state index contributed by atoms with van der Waals surface area (Å²) in [6.07, 6.45) is 2.27. The Balaban J connectivity index is 1.97. The van der Waals surface area contributed by atoms with Crippen molar-refractivity contribution < 1.29 is 4.79 Å². The summed E-state index contributed by atoms with van der Waals surface area (Å²) < 4.78 is 1.01.